The van der Waals surface area contributed by atoms with E-state index in [9.17, 15) is 0 Å². The molecule has 0 aromatic carbocycles. The van der Waals surface area contributed by atoms with Gasteiger partial charge in [-0.25, -0.2) is 0 Å². The molecular formula is C60H113N17. The number of nitrogens with one attached hydrogen (secondary N) is 5. The van der Waals surface area contributed by atoms with E-state index in [1.807, 2.05) is 0 Å². The first-order chi connectivity index (χ1) is 35.3. The Balaban J connectivity index is 1.04. The molecule has 5 aliphatic heterocycles. The highest BCUT2D eigenvalue weighted by Gasteiger charge is 2.48. The van der Waals surface area contributed by atoms with Gasteiger partial charge in [0, 0.05) is 108 Å². The fourth-order valence-corrected chi connectivity index (χ4v) is 15.2. The van der Waals surface area contributed by atoms with Crippen LogP contribution in [0, 0.1) is 23.7 Å². The fourth-order valence-electron chi connectivity index (χ4n) is 15.2. The van der Waals surface area contributed by atoms with Crippen molar-refractivity contribution >= 4 is 35.7 Å². The molecule has 17 heteroatoms. The van der Waals surface area contributed by atoms with Gasteiger partial charge in [-0.15, -0.1) is 0 Å². The normalized spacial score (nSPS) is 27.1. The zero-order valence-corrected chi connectivity index (χ0v) is 53.4. The lowest BCUT2D eigenvalue weighted by Crippen LogP contribution is -2.60. The molecule has 438 valence electrons. The van der Waals surface area contributed by atoms with Crippen molar-refractivity contribution in [1.82, 2.24) is 54.4 Å². The molecule has 17 nitrogen and oxygen atoms in total. The molecule has 4 atom stereocenters. The smallest absolute Gasteiger partial charge is 0.232 e. The number of hydrogen-bond donors (Lipinski definition) is 5. The average molecular weight is 1070 g/mol. The minimum atomic E-state index is 0.0873. The third-order valence-electron chi connectivity index (χ3n) is 21.2. The van der Waals surface area contributed by atoms with Crippen molar-refractivity contribution < 1.29 is 0 Å². The first-order valence-corrected chi connectivity index (χ1v) is 30.1. The van der Waals surface area contributed by atoms with Crippen molar-refractivity contribution in [3.63, 3.8) is 0 Å². The Bertz CT molecular complexity index is 2090. The van der Waals surface area contributed by atoms with E-state index in [2.05, 4.69) is 223 Å². The van der Waals surface area contributed by atoms with Crippen LogP contribution in [0.2, 0.25) is 0 Å². The van der Waals surface area contributed by atoms with Crippen LogP contribution in [-0.2, 0) is 0 Å². The molecule has 5 fully saturated rings. The predicted octanol–water partition coefficient (Wildman–Crippen LogP) is 10.1. The molecule has 7 heterocycles. The van der Waals surface area contributed by atoms with Crippen LogP contribution in [0.15, 0.2) is 0 Å². The zero-order chi connectivity index (χ0) is 57.2. The maximum absolute atomic E-state index is 5.20. The summed E-state index contributed by atoms with van der Waals surface area (Å²) < 4.78 is 0. The molecule has 4 unspecified atom stereocenters. The summed E-state index contributed by atoms with van der Waals surface area (Å²) in [7, 11) is 9.11. The van der Waals surface area contributed by atoms with Crippen LogP contribution in [0.25, 0.3) is 0 Å². The number of rotatable bonds is 17. The van der Waals surface area contributed by atoms with Gasteiger partial charge in [0.05, 0.1) is 0 Å². The number of piperidine rings is 4. The first kappa shape index (κ1) is 61.2. The standard InChI is InChI=1S/C60H113N17/c1-39(43-31-53(5,6)72(21)54(7,8)32-43)62-48-66-47(67-49(68-48)63-40(2)44-33-55(9,10)73(22)56(11,12)34-44)61-25-26-76-27-29-77(30-28-76)52-70-50(64-41(3)45-35-57(13,14)74(23)58(15,16)36-45)69-51(71-52)65-42(4)46-37-59(17,18)75(24)60(19,20)38-46/h39-46H,25-38H2,1-24H3,(H2,64,65,69,70,71)(H3,61,62,63,66,67,68). The molecule has 2 aromatic heterocycles. The van der Waals surface area contributed by atoms with Gasteiger partial charge in [-0.2, -0.15) is 29.9 Å². The second-order valence-corrected chi connectivity index (χ2v) is 30.5. The van der Waals surface area contributed by atoms with Crippen molar-refractivity contribution in [3.8, 4) is 0 Å². The van der Waals surface area contributed by atoms with Gasteiger partial charge < -0.3 is 31.5 Å². The molecule has 0 spiro atoms. The van der Waals surface area contributed by atoms with Gasteiger partial charge >= 0.3 is 0 Å². The number of aromatic nitrogens is 6. The van der Waals surface area contributed by atoms with Crippen LogP contribution in [0.5, 0.6) is 0 Å². The third-order valence-corrected chi connectivity index (χ3v) is 21.2. The Morgan fingerprint density at radius 2 is 0.597 bits per heavy atom. The summed E-state index contributed by atoms with van der Waals surface area (Å²) >= 11 is 0. The molecule has 5 saturated heterocycles. The Kier molecular flexibility index (Phi) is 17.6. The summed E-state index contributed by atoms with van der Waals surface area (Å²) in [6.45, 7) is 52.3. The lowest BCUT2D eigenvalue weighted by molar-refractivity contribution is -0.0332. The van der Waals surface area contributed by atoms with E-state index in [-0.39, 0.29) is 68.5 Å². The molecule has 0 saturated carbocycles. The second-order valence-electron chi connectivity index (χ2n) is 30.5. The number of hydrogen-bond acceptors (Lipinski definition) is 17. The Morgan fingerprint density at radius 1 is 0.364 bits per heavy atom. The van der Waals surface area contributed by atoms with Crippen LogP contribution >= 0.6 is 0 Å². The molecule has 77 heavy (non-hydrogen) atoms. The molecule has 0 aliphatic carbocycles. The summed E-state index contributed by atoms with van der Waals surface area (Å²) in [4.78, 5) is 45.8. The second kappa shape index (κ2) is 22.2. The minimum absolute atomic E-state index is 0.0873. The topological polar surface area (TPSA) is 157 Å². The highest BCUT2D eigenvalue weighted by atomic mass is 15.4. The van der Waals surface area contributed by atoms with Gasteiger partial charge in [0.15, 0.2) is 0 Å². The molecule has 5 aliphatic rings. The van der Waals surface area contributed by atoms with Gasteiger partial charge in [-0.05, 0) is 242 Å². The van der Waals surface area contributed by atoms with Crippen molar-refractivity contribution in [1.29, 1.82) is 0 Å². The number of anilines is 6. The van der Waals surface area contributed by atoms with Gasteiger partial charge in [0.1, 0.15) is 0 Å². The maximum atomic E-state index is 5.20. The van der Waals surface area contributed by atoms with E-state index in [0.717, 1.165) is 90.0 Å². The van der Waals surface area contributed by atoms with Crippen LogP contribution in [0.3, 0.4) is 0 Å². The van der Waals surface area contributed by atoms with Crippen LogP contribution in [0.1, 0.15) is 190 Å². The van der Waals surface area contributed by atoms with E-state index in [1.54, 1.807) is 0 Å². The van der Waals surface area contributed by atoms with Crippen molar-refractivity contribution in [2.45, 2.75) is 258 Å². The predicted molar refractivity (Wildman–Crippen MR) is 324 cm³/mol. The largest absolute Gasteiger partial charge is 0.353 e. The van der Waals surface area contributed by atoms with Gasteiger partial charge in [0.25, 0.3) is 0 Å². The first-order valence-electron chi connectivity index (χ1n) is 30.1. The lowest BCUT2D eigenvalue weighted by atomic mass is 9.71. The molecule has 0 amide bonds. The summed E-state index contributed by atoms with van der Waals surface area (Å²) in [5.74, 6) is 5.77. The molecule has 5 N–H and O–H groups in total. The van der Waals surface area contributed by atoms with Gasteiger partial charge in [-0.3, -0.25) is 24.5 Å². The number of likely N-dealkylation sites (tertiary alicyclic amines) is 4. The highest BCUT2D eigenvalue weighted by molar-refractivity contribution is 5.46. The van der Waals surface area contributed by atoms with Crippen molar-refractivity contribution in [2.75, 3.05) is 98.9 Å². The average Bonchev–Trinajstić information content (AvgIpc) is 3.30. The van der Waals surface area contributed by atoms with Crippen LogP contribution in [0.4, 0.5) is 35.7 Å². The molecule has 0 radical (unpaired) electrons. The third kappa shape index (κ3) is 14.0. The van der Waals surface area contributed by atoms with Gasteiger partial charge in [0.2, 0.25) is 35.7 Å². The number of nitrogens with zero attached hydrogens (tertiary/aromatic N) is 12. The van der Waals surface area contributed by atoms with E-state index >= 15 is 0 Å². The minimum Gasteiger partial charge on any atom is -0.353 e. The van der Waals surface area contributed by atoms with Gasteiger partial charge in [-0.1, -0.05) is 0 Å². The van der Waals surface area contributed by atoms with Crippen molar-refractivity contribution in [3.05, 3.63) is 0 Å². The monoisotopic (exact) mass is 1070 g/mol. The molecule has 0 bridgehead atoms. The Labute approximate surface area is 469 Å². The highest BCUT2D eigenvalue weighted by Crippen LogP contribution is 2.46. The molecule has 7 rings (SSSR count). The Morgan fingerprint density at radius 3 is 0.857 bits per heavy atom. The summed E-state index contributed by atoms with van der Waals surface area (Å²) in [5, 5.41) is 18.9. The Hall–Kier alpha value is -3.38. The summed E-state index contributed by atoms with van der Waals surface area (Å²) in [5.41, 5.74) is 0.707. The van der Waals surface area contributed by atoms with E-state index in [4.69, 9.17) is 29.9 Å². The molecular weight excluding hydrogens is 959 g/mol. The fraction of sp³-hybridized carbons (Fsp3) is 0.900. The quantitative estimate of drug-likeness (QED) is 0.102. The summed E-state index contributed by atoms with van der Waals surface area (Å²) in [6, 6.07) is 0.746. The van der Waals surface area contributed by atoms with Crippen LogP contribution < -0.4 is 31.5 Å². The maximum Gasteiger partial charge on any atom is 0.232 e. The zero-order valence-electron chi connectivity index (χ0n) is 53.4. The van der Waals surface area contributed by atoms with Crippen LogP contribution in [-0.4, -0.2) is 190 Å². The van der Waals surface area contributed by atoms with Crippen molar-refractivity contribution in [2.24, 2.45) is 23.7 Å². The summed E-state index contributed by atoms with van der Waals surface area (Å²) in [6.07, 6.45) is 8.81. The SMILES string of the molecule is CC(Nc1nc(NCCN2CCN(c3nc(NC(C)C4CC(C)(C)N(C)C(C)(C)C4)nc(NC(C)C4CC(C)(C)N(C)C(C)(C)C4)n3)CC2)nc(NC(C)C2CC(C)(C)N(C)C(C)(C)C2)n1)C1CC(C)(C)N(C)C(C)(C)C1. The van der Waals surface area contributed by atoms with E-state index in [0.29, 0.717) is 60.0 Å². The molecule has 2 aromatic rings. The van der Waals surface area contributed by atoms with E-state index in [1.165, 1.54) is 0 Å². The number of piperazine rings is 1. The van der Waals surface area contributed by atoms with E-state index < -0.39 is 0 Å². The lowest BCUT2D eigenvalue weighted by Gasteiger charge is -2.55.